The second-order valence-corrected chi connectivity index (χ2v) is 5.45. The van der Waals surface area contributed by atoms with Crippen molar-refractivity contribution >= 4 is 13.5 Å². The lowest BCUT2D eigenvalue weighted by molar-refractivity contribution is -0.120. The molecule has 1 aromatic carbocycles. The molecule has 6 heteroatoms. The molecule has 1 amide bonds. The number of benzene rings is 1. The van der Waals surface area contributed by atoms with Gasteiger partial charge in [-0.15, -0.1) is 0 Å². The Bertz CT molecular complexity index is 401. The molecule has 0 bridgehead atoms. The third kappa shape index (κ3) is 4.14. The molecule has 0 heterocycles. The van der Waals surface area contributed by atoms with E-state index in [0.717, 1.165) is 5.56 Å². The molecule has 0 aliphatic carbocycles. The molecule has 0 fully saturated rings. The Morgan fingerprint density at radius 2 is 1.94 bits per heavy atom. The summed E-state index contributed by atoms with van der Waals surface area (Å²) in [6.07, 6.45) is 0.116. The standard InChI is InChI=1S/C10H14NO4P/c1-8(16(13,14)15)11-10(12)7-9-5-3-2-4-6-9/h2-6,8H,7H2,1H3,(H,11,12)(H2,13,14,15)/t8-/m0/s1. The molecule has 16 heavy (non-hydrogen) atoms. The fourth-order valence-corrected chi connectivity index (χ4v) is 1.46. The molecule has 0 unspecified atom stereocenters. The Balaban J connectivity index is 2.52. The molecule has 0 spiro atoms. The highest BCUT2D eigenvalue weighted by Crippen LogP contribution is 2.38. The molecule has 3 N–H and O–H groups in total. The van der Waals surface area contributed by atoms with E-state index in [0.29, 0.717) is 0 Å². The van der Waals surface area contributed by atoms with Gasteiger partial charge < -0.3 is 15.1 Å². The van der Waals surface area contributed by atoms with Crippen LogP contribution in [0.5, 0.6) is 0 Å². The van der Waals surface area contributed by atoms with E-state index in [4.69, 9.17) is 9.79 Å². The van der Waals surface area contributed by atoms with Gasteiger partial charge in [-0.05, 0) is 12.5 Å². The van der Waals surface area contributed by atoms with E-state index in [-0.39, 0.29) is 6.42 Å². The molecule has 0 saturated heterocycles. The van der Waals surface area contributed by atoms with Gasteiger partial charge in [-0.2, -0.15) is 0 Å². The number of hydrogen-bond acceptors (Lipinski definition) is 2. The molecule has 0 saturated carbocycles. The van der Waals surface area contributed by atoms with Crippen LogP contribution in [-0.4, -0.2) is 21.5 Å². The molecule has 0 aliphatic rings. The second-order valence-electron chi connectivity index (χ2n) is 3.49. The predicted octanol–water partition coefficient (Wildman–Crippen LogP) is 0.869. The summed E-state index contributed by atoms with van der Waals surface area (Å²) in [6, 6.07) is 8.99. The Hall–Kier alpha value is -1.16. The summed E-state index contributed by atoms with van der Waals surface area (Å²) in [5.41, 5.74) is 0.804. The van der Waals surface area contributed by atoms with Crippen LogP contribution >= 0.6 is 7.60 Å². The van der Waals surface area contributed by atoms with Crippen LogP contribution in [0.25, 0.3) is 0 Å². The Kier molecular flexibility index (Phi) is 4.24. The summed E-state index contributed by atoms with van der Waals surface area (Å²) < 4.78 is 10.8. The minimum absolute atomic E-state index is 0.116. The summed E-state index contributed by atoms with van der Waals surface area (Å²) in [5.74, 6) is -1.55. The third-order valence-corrected chi connectivity index (χ3v) is 3.22. The first kappa shape index (κ1) is 12.9. The van der Waals surface area contributed by atoms with Gasteiger partial charge in [0.2, 0.25) is 5.91 Å². The van der Waals surface area contributed by atoms with Crippen molar-refractivity contribution in [2.24, 2.45) is 0 Å². The van der Waals surface area contributed by atoms with Crippen molar-refractivity contribution in [2.45, 2.75) is 19.1 Å². The van der Waals surface area contributed by atoms with Crippen molar-refractivity contribution in [1.29, 1.82) is 0 Å². The van der Waals surface area contributed by atoms with E-state index in [9.17, 15) is 9.36 Å². The minimum Gasteiger partial charge on any atom is -0.342 e. The fraction of sp³-hybridized carbons (Fsp3) is 0.300. The first-order chi connectivity index (χ1) is 7.39. The van der Waals surface area contributed by atoms with Gasteiger partial charge in [-0.3, -0.25) is 9.36 Å². The summed E-state index contributed by atoms with van der Waals surface area (Å²) in [6.45, 7) is 1.28. The molecule has 88 valence electrons. The highest BCUT2D eigenvalue weighted by Gasteiger charge is 2.25. The van der Waals surface area contributed by atoms with E-state index < -0.39 is 19.3 Å². The van der Waals surface area contributed by atoms with Gasteiger partial charge >= 0.3 is 7.60 Å². The van der Waals surface area contributed by atoms with E-state index in [1.165, 1.54) is 6.92 Å². The molecular formula is C10H14NO4P. The van der Waals surface area contributed by atoms with Crippen LogP contribution in [-0.2, 0) is 15.8 Å². The highest BCUT2D eigenvalue weighted by molar-refractivity contribution is 7.52. The molecule has 0 radical (unpaired) electrons. The first-order valence-corrected chi connectivity index (χ1v) is 6.46. The van der Waals surface area contributed by atoms with Crippen molar-refractivity contribution in [3.8, 4) is 0 Å². The molecule has 0 aromatic heterocycles. The monoisotopic (exact) mass is 243 g/mol. The van der Waals surface area contributed by atoms with Crippen LogP contribution in [0.15, 0.2) is 30.3 Å². The molecule has 1 aromatic rings. The zero-order chi connectivity index (χ0) is 12.2. The quantitative estimate of drug-likeness (QED) is 0.685. The van der Waals surface area contributed by atoms with Gasteiger partial charge in [0.05, 0.1) is 6.42 Å². The molecule has 1 atom stereocenters. The third-order valence-electron chi connectivity index (χ3n) is 2.08. The van der Waals surface area contributed by atoms with Crippen LogP contribution in [0, 0.1) is 0 Å². The van der Waals surface area contributed by atoms with Gasteiger partial charge in [0, 0.05) is 0 Å². The molecule has 1 rings (SSSR count). The predicted molar refractivity (Wildman–Crippen MR) is 59.8 cm³/mol. The van der Waals surface area contributed by atoms with Crippen molar-refractivity contribution in [2.75, 3.05) is 0 Å². The van der Waals surface area contributed by atoms with Crippen LogP contribution < -0.4 is 5.32 Å². The van der Waals surface area contributed by atoms with E-state index in [1.54, 1.807) is 24.3 Å². The highest BCUT2D eigenvalue weighted by atomic mass is 31.2. The molecule has 5 nitrogen and oxygen atoms in total. The maximum atomic E-state index is 11.4. The summed E-state index contributed by atoms with van der Waals surface area (Å²) in [4.78, 5) is 29.0. The number of rotatable bonds is 4. The van der Waals surface area contributed by atoms with Gasteiger partial charge in [0.25, 0.3) is 0 Å². The zero-order valence-electron chi connectivity index (χ0n) is 8.83. The van der Waals surface area contributed by atoms with Gasteiger partial charge in [0.1, 0.15) is 5.78 Å². The van der Waals surface area contributed by atoms with Crippen molar-refractivity contribution in [3.05, 3.63) is 35.9 Å². The summed E-state index contributed by atoms with van der Waals surface area (Å²) in [7, 11) is -4.25. The lowest BCUT2D eigenvalue weighted by Gasteiger charge is -2.15. The molecular weight excluding hydrogens is 229 g/mol. The average Bonchev–Trinajstić information content (AvgIpc) is 2.17. The lowest BCUT2D eigenvalue weighted by Crippen LogP contribution is -2.33. The van der Waals surface area contributed by atoms with Gasteiger partial charge in [-0.1, -0.05) is 30.3 Å². The minimum atomic E-state index is -4.25. The van der Waals surface area contributed by atoms with Crippen LogP contribution in [0.2, 0.25) is 0 Å². The molecule has 0 aliphatic heterocycles. The summed E-state index contributed by atoms with van der Waals surface area (Å²) >= 11 is 0. The van der Waals surface area contributed by atoms with Gasteiger partial charge in [0.15, 0.2) is 0 Å². The smallest absolute Gasteiger partial charge is 0.342 e. The second kappa shape index (κ2) is 5.25. The Labute approximate surface area is 93.7 Å². The maximum absolute atomic E-state index is 11.4. The maximum Gasteiger partial charge on any atom is 0.347 e. The number of hydrogen-bond donors (Lipinski definition) is 3. The van der Waals surface area contributed by atoms with Crippen LogP contribution in [0.4, 0.5) is 0 Å². The zero-order valence-corrected chi connectivity index (χ0v) is 9.72. The van der Waals surface area contributed by atoms with E-state index in [1.807, 2.05) is 6.07 Å². The van der Waals surface area contributed by atoms with Crippen molar-refractivity contribution < 1.29 is 19.1 Å². The first-order valence-electron chi connectivity index (χ1n) is 4.78. The number of nitrogens with one attached hydrogen (secondary N) is 1. The normalized spacial score (nSPS) is 13.2. The summed E-state index contributed by atoms with van der Waals surface area (Å²) in [5, 5.41) is 2.27. The lowest BCUT2D eigenvalue weighted by atomic mass is 10.1. The van der Waals surface area contributed by atoms with Crippen LogP contribution in [0.1, 0.15) is 12.5 Å². The Morgan fingerprint density at radius 3 is 2.44 bits per heavy atom. The average molecular weight is 243 g/mol. The van der Waals surface area contributed by atoms with Crippen molar-refractivity contribution in [3.63, 3.8) is 0 Å². The topological polar surface area (TPSA) is 86.6 Å². The Morgan fingerprint density at radius 1 is 1.38 bits per heavy atom. The largest absolute Gasteiger partial charge is 0.347 e. The van der Waals surface area contributed by atoms with E-state index in [2.05, 4.69) is 5.32 Å². The number of carbonyl (C=O) groups excluding carboxylic acids is 1. The van der Waals surface area contributed by atoms with E-state index >= 15 is 0 Å². The fourth-order valence-electron chi connectivity index (χ4n) is 1.15. The van der Waals surface area contributed by atoms with Crippen LogP contribution in [0.3, 0.4) is 0 Å². The number of amides is 1. The van der Waals surface area contributed by atoms with Gasteiger partial charge in [-0.25, -0.2) is 0 Å². The number of carbonyl (C=O) groups is 1. The van der Waals surface area contributed by atoms with Crippen molar-refractivity contribution in [1.82, 2.24) is 5.32 Å². The SMILES string of the molecule is C[C@@H](NC(=O)Cc1ccccc1)P(=O)(O)O.